The third kappa shape index (κ3) is 5.23. The molecule has 1 N–H and O–H groups in total. The minimum absolute atomic E-state index is 0.00842. The number of likely N-dealkylation sites (N-methyl/N-ethyl adjacent to an activating group) is 1. The molecule has 2 aromatic rings. The number of piperazine rings is 1. The Kier molecular flexibility index (Phi) is 6.35. The number of nitrogens with one attached hydrogen (secondary N) is 1. The number of aryl methyl sites for hydroxylation is 1. The summed E-state index contributed by atoms with van der Waals surface area (Å²) in [5.74, 6) is 0.822. The zero-order chi connectivity index (χ0) is 19.2. The second-order valence-corrected chi connectivity index (χ2v) is 7.09. The molecule has 144 valence electrons. The van der Waals surface area contributed by atoms with Crippen molar-refractivity contribution in [3.63, 3.8) is 0 Å². The van der Waals surface area contributed by atoms with Crippen molar-refractivity contribution in [2.24, 2.45) is 0 Å². The second-order valence-electron chi connectivity index (χ2n) is 7.09. The fraction of sp³-hybridized carbons (Fsp3) is 0.409. The maximum Gasteiger partial charge on any atom is 0.228 e. The molecule has 0 bridgehead atoms. The normalized spacial score (nSPS) is 14.9. The van der Waals surface area contributed by atoms with E-state index in [4.69, 9.17) is 4.74 Å². The van der Waals surface area contributed by atoms with Crippen LogP contribution in [0.3, 0.4) is 0 Å². The van der Waals surface area contributed by atoms with E-state index >= 15 is 0 Å². The largest absolute Gasteiger partial charge is 0.494 e. The van der Waals surface area contributed by atoms with Gasteiger partial charge in [-0.1, -0.05) is 12.1 Å². The topological polar surface area (TPSA) is 44.8 Å². The molecule has 1 aliphatic rings. The van der Waals surface area contributed by atoms with Gasteiger partial charge in [-0.2, -0.15) is 0 Å². The molecular formula is C22H29N3O2. The van der Waals surface area contributed by atoms with E-state index in [0.29, 0.717) is 13.0 Å². The predicted octanol–water partition coefficient (Wildman–Crippen LogP) is 3.33. The van der Waals surface area contributed by atoms with Gasteiger partial charge in [-0.25, -0.2) is 0 Å². The SMILES string of the molecule is CCOc1ccc(CC(=O)Nc2ccc(N3CCN(C)CC3)c(C)c2)cc1. The molecule has 0 aliphatic carbocycles. The molecule has 0 spiro atoms. The molecule has 1 fully saturated rings. The number of hydrogen-bond donors (Lipinski definition) is 1. The molecule has 0 saturated carbocycles. The molecule has 5 nitrogen and oxygen atoms in total. The zero-order valence-electron chi connectivity index (χ0n) is 16.5. The summed E-state index contributed by atoms with van der Waals surface area (Å²) in [6.45, 7) is 8.96. The van der Waals surface area contributed by atoms with E-state index in [1.165, 1.54) is 11.3 Å². The van der Waals surface area contributed by atoms with Crippen LogP contribution in [0.15, 0.2) is 42.5 Å². The standard InChI is InChI=1S/C22H29N3O2/c1-4-27-20-8-5-18(6-9-20)16-22(26)23-19-7-10-21(17(2)15-19)25-13-11-24(3)12-14-25/h5-10,15H,4,11-14,16H2,1-3H3,(H,23,26). The number of nitrogens with zero attached hydrogens (tertiary/aromatic N) is 2. The van der Waals surface area contributed by atoms with Gasteiger partial charge in [0.1, 0.15) is 5.75 Å². The fourth-order valence-electron chi connectivity index (χ4n) is 3.40. The lowest BCUT2D eigenvalue weighted by Gasteiger charge is -2.35. The first-order valence-electron chi connectivity index (χ1n) is 9.61. The van der Waals surface area contributed by atoms with Gasteiger partial charge in [0, 0.05) is 37.6 Å². The van der Waals surface area contributed by atoms with Crippen LogP contribution in [0.25, 0.3) is 0 Å². The van der Waals surface area contributed by atoms with Gasteiger partial charge in [0.15, 0.2) is 0 Å². The van der Waals surface area contributed by atoms with Crippen molar-refractivity contribution in [1.82, 2.24) is 4.90 Å². The molecule has 1 aliphatic heterocycles. The average molecular weight is 367 g/mol. The first kappa shape index (κ1) is 19.2. The lowest BCUT2D eigenvalue weighted by Crippen LogP contribution is -2.44. The summed E-state index contributed by atoms with van der Waals surface area (Å²) >= 11 is 0. The molecule has 0 aromatic heterocycles. The van der Waals surface area contributed by atoms with Crippen molar-refractivity contribution in [2.75, 3.05) is 50.1 Å². The molecule has 0 atom stereocenters. The monoisotopic (exact) mass is 367 g/mol. The third-order valence-corrected chi connectivity index (χ3v) is 4.92. The summed E-state index contributed by atoms with van der Waals surface area (Å²) < 4.78 is 5.43. The predicted molar refractivity (Wildman–Crippen MR) is 111 cm³/mol. The van der Waals surface area contributed by atoms with Gasteiger partial charge >= 0.3 is 0 Å². The Morgan fingerprint density at radius 2 is 1.78 bits per heavy atom. The van der Waals surface area contributed by atoms with Crippen LogP contribution in [0, 0.1) is 6.92 Å². The van der Waals surface area contributed by atoms with E-state index in [0.717, 1.165) is 43.2 Å². The van der Waals surface area contributed by atoms with Crippen LogP contribution in [0.1, 0.15) is 18.1 Å². The Morgan fingerprint density at radius 3 is 2.41 bits per heavy atom. The quantitative estimate of drug-likeness (QED) is 0.851. The van der Waals surface area contributed by atoms with Crippen molar-refractivity contribution >= 4 is 17.3 Å². The highest BCUT2D eigenvalue weighted by Gasteiger charge is 2.16. The van der Waals surface area contributed by atoms with Gasteiger partial charge in [0.2, 0.25) is 5.91 Å². The Labute approximate surface area is 161 Å². The first-order chi connectivity index (χ1) is 13.0. The van der Waals surface area contributed by atoms with E-state index in [2.05, 4.69) is 41.2 Å². The molecule has 0 unspecified atom stereocenters. The molecule has 27 heavy (non-hydrogen) atoms. The summed E-state index contributed by atoms with van der Waals surface area (Å²) in [4.78, 5) is 17.1. The van der Waals surface area contributed by atoms with E-state index in [9.17, 15) is 4.79 Å². The fourth-order valence-corrected chi connectivity index (χ4v) is 3.40. The summed E-state index contributed by atoms with van der Waals surface area (Å²) in [6, 6.07) is 13.9. The summed E-state index contributed by atoms with van der Waals surface area (Å²) in [7, 11) is 2.16. The van der Waals surface area contributed by atoms with Crippen molar-refractivity contribution in [2.45, 2.75) is 20.3 Å². The number of ether oxygens (including phenoxy) is 1. The Balaban J connectivity index is 1.58. The van der Waals surface area contributed by atoms with Crippen molar-refractivity contribution in [3.05, 3.63) is 53.6 Å². The lowest BCUT2D eigenvalue weighted by molar-refractivity contribution is -0.115. The highest BCUT2D eigenvalue weighted by molar-refractivity contribution is 5.92. The summed E-state index contributed by atoms with van der Waals surface area (Å²) in [6.07, 6.45) is 0.353. The minimum Gasteiger partial charge on any atom is -0.494 e. The molecular weight excluding hydrogens is 338 g/mol. The zero-order valence-corrected chi connectivity index (χ0v) is 16.5. The van der Waals surface area contributed by atoms with Crippen LogP contribution < -0.4 is 15.0 Å². The average Bonchev–Trinajstić information content (AvgIpc) is 2.65. The van der Waals surface area contributed by atoms with Gasteiger partial charge in [-0.3, -0.25) is 4.79 Å². The summed E-state index contributed by atoms with van der Waals surface area (Å²) in [5.41, 5.74) is 4.27. The highest BCUT2D eigenvalue weighted by atomic mass is 16.5. The van der Waals surface area contributed by atoms with Gasteiger partial charge in [-0.15, -0.1) is 0 Å². The van der Waals surface area contributed by atoms with Gasteiger partial charge in [0.25, 0.3) is 0 Å². The number of benzene rings is 2. The highest BCUT2D eigenvalue weighted by Crippen LogP contribution is 2.25. The number of rotatable bonds is 6. The first-order valence-corrected chi connectivity index (χ1v) is 9.61. The Hall–Kier alpha value is -2.53. The number of amides is 1. The lowest BCUT2D eigenvalue weighted by atomic mass is 10.1. The second kappa shape index (κ2) is 8.91. The molecule has 3 rings (SSSR count). The van der Waals surface area contributed by atoms with Gasteiger partial charge in [0.05, 0.1) is 13.0 Å². The van der Waals surface area contributed by atoms with E-state index < -0.39 is 0 Å². The maximum atomic E-state index is 12.4. The van der Waals surface area contributed by atoms with Crippen LogP contribution >= 0.6 is 0 Å². The van der Waals surface area contributed by atoms with E-state index in [-0.39, 0.29) is 5.91 Å². The molecule has 2 aromatic carbocycles. The van der Waals surface area contributed by atoms with Crippen LogP contribution in [0.4, 0.5) is 11.4 Å². The number of carbonyl (C=O) groups excluding carboxylic acids is 1. The summed E-state index contributed by atoms with van der Waals surface area (Å²) in [5, 5.41) is 3.01. The molecule has 5 heteroatoms. The smallest absolute Gasteiger partial charge is 0.228 e. The molecule has 1 heterocycles. The number of anilines is 2. The number of carbonyl (C=O) groups is 1. The van der Waals surface area contributed by atoms with Crippen molar-refractivity contribution in [3.8, 4) is 5.75 Å². The maximum absolute atomic E-state index is 12.4. The van der Waals surface area contributed by atoms with E-state index in [1.54, 1.807) is 0 Å². The van der Waals surface area contributed by atoms with Crippen LogP contribution in [0.5, 0.6) is 5.75 Å². The van der Waals surface area contributed by atoms with Crippen molar-refractivity contribution < 1.29 is 9.53 Å². The van der Waals surface area contributed by atoms with Crippen LogP contribution in [-0.2, 0) is 11.2 Å². The van der Waals surface area contributed by atoms with E-state index in [1.807, 2.05) is 37.3 Å². The van der Waals surface area contributed by atoms with Crippen molar-refractivity contribution in [1.29, 1.82) is 0 Å². The van der Waals surface area contributed by atoms with Crippen LogP contribution in [0.2, 0.25) is 0 Å². The molecule has 0 radical (unpaired) electrons. The van der Waals surface area contributed by atoms with Gasteiger partial charge in [-0.05, 0) is 62.4 Å². The Morgan fingerprint density at radius 1 is 1.07 bits per heavy atom. The van der Waals surface area contributed by atoms with Gasteiger partial charge < -0.3 is 19.9 Å². The minimum atomic E-state index is -0.00842. The Bertz CT molecular complexity index is 766. The number of hydrogen-bond acceptors (Lipinski definition) is 4. The molecule has 1 amide bonds. The third-order valence-electron chi connectivity index (χ3n) is 4.92. The molecule has 1 saturated heterocycles. The van der Waals surface area contributed by atoms with Crippen LogP contribution in [-0.4, -0.2) is 50.6 Å².